The van der Waals surface area contributed by atoms with E-state index < -0.39 is 14.7 Å². The van der Waals surface area contributed by atoms with Crippen molar-refractivity contribution in [2.45, 2.75) is 34.4 Å². The van der Waals surface area contributed by atoms with Crippen LogP contribution in [0.2, 0.25) is 4.71 Å². The molecule has 2 aliphatic rings. The molecule has 0 radical (unpaired) electrons. The van der Waals surface area contributed by atoms with Gasteiger partial charge in [0.05, 0.1) is 0 Å². The fourth-order valence-electron chi connectivity index (χ4n) is 5.40. The molecule has 0 amide bonds. The summed E-state index contributed by atoms with van der Waals surface area (Å²) in [5, 5.41) is 2.61. The summed E-state index contributed by atoms with van der Waals surface area (Å²) in [6.45, 7) is 4.61. The summed E-state index contributed by atoms with van der Waals surface area (Å²) in [4.78, 5) is 5.10. The summed E-state index contributed by atoms with van der Waals surface area (Å²) >= 11 is 2.76. The van der Waals surface area contributed by atoms with Crippen molar-refractivity contribution in [2.24, 2.45) is 0 Å². The van der Waals surface area contributed by atoms with Crippen molar-refractivity contribution in [3.63, 3.8) is 0 Å². The van der Waals surface area contributed by atoms with Crippen molar-refractivity contribution in [2.75, 3.05) is 38.1 Å². The number of fused-ring (bicyclic) bond motifs is 1. The van der Waals surface area contributed by atoms with Gasteiger partial charge in [0.2, 0.25) is 0 Å². The maximum absolute atomic E-state index is 3.90. The van der Waals surface area contributed by atoms with Gasteiger partial charge in [-0.05, 0) is 0 Å². The molecule has 1 fully saturated rings. The number of piperazine rings is 1. The molecular weight excluding hydrogens is 531 g/mol. The Morgan fingerprint density at radius 2 is 1.39 bits per heavy atom. The van der Waals surface area contributed by atoms with Crippen molar-refractivity contribution < 1.29 is 0 Å². The van der Waals surface area contributed by atoms with Crippen LogP contribution in [-0.4, -0.2) is 52.8 Å². The third-order valence-electron chi connectivity index (χ3n) is 7.33. The average Bonchev–Trinajstić information content (AvgIpc) is 2.86. The second-order valence-electron chi connectivity index (χ2n) is 9.59. The van der Waals surface area contributed by atoms with E-state index in [0.29, 0.717) is 0 Å². The maximum atomic E-state index is 3.90. The quantitative estimate of drug-likeness (QED) is 0.333. The summed E-state index contributed by atoms with van der Waals surface area (Å²) in [7, 11) is 2.24. The van der Waals surface area contributed by atoms with Crippen LogP contribution in [-0.2, 0) is 23.3 Å². The molecule has 3 aromatic carbocycles. The summed E-state index contributed by atoms with van der Waals surface area (Å²) in [5.41, 5.74) is 7.81. The number of anilines is 1. The van der Waals surface area contributed by atoms with Crippen LogP contribution >= 0.6 is 15.9 Å². The average molecular weight is 565 g/mol. The minimum absolute atomic E-state index is 0.853. The van der Waals surface area contributed by atoms with Crippen LogP contribution in [0.25, 0.3) is 0 Å². The van der Waals surface area contributed by atoms with E-state index in [0.717, 1.165) is 30.9 Å². The van der Waals surface area contributed by atoms with E-state index in [9.17, 15) is 0 Å². The number of rotatable bonds is 6. The normalized spacial score (nSPS) is 19.0. The fourth-order valence-corrected chi connectivity index (χ4v) is 12.1. The molecule has 1 aliphatic carbocycles. The zero-order valence-electron chi connectivity index (χ0n) is 19.6. The molecule has 1 atom stereocenters. The first kappa shape index (κ1) is 23.2. The van der Waals surface area contributed by atoms with Gasteiger partial charge in [-0.2, -0.15) is 0 Å². The van der Waals surface area contributed by atoms with Crippen molar-refractivity contribution in [3.8, 4) is 0 Å². The Balaban J connectivity index is 1.43. The Bertz CT molecular complexity index is 1010. The SMILES string of the molecule is CN1CCN(c2ccc(Br)c3c2C[C@H]([As](Cc2ccccc2)Cc2ccccc2)CC3)CC1. The van der Waals surface area contributed by atoms with Crippen LogP contribution in [0.15, 0.2) is 77.3 Å². The number of likely N-dealkylation sites (N-methyl/N-ethyl adjacent to an activating group) is 1. The topological polar surface area (TPSA) is 6.48 Å². The molecule has 2 nitrogen and oxygen atoms in total. The predicted molar refractivity (Wildman–Crippen MR) is 146 cm³/mol. The van der Waals surface area contributed by atoms with Crippen LogP contribution in [0, 0.1) is 0 Å². The van der Waals surface area contributed by atoms with Gasteiger partial charge >= 0.3 is 213 Å². The van der Waals surface area contributed by atoms with Crippen LogP contribution < -0.4 is 4.90 Å². The van der Waals surface area contributed by atoms with E-state index in [1.165, 1.54) is 51.0 Å². The van der Waals surface area contributed by atoms with E-state index in [-0.39, 0.29) is 0 Å². The Morgan fingerprint density at radius 3 is 2.00 bits per heavy atom. The number of halogens is 1. The minimum atomic E-state index is -1.14. The van der Waals surface area contributed by atoms with Crippen molar-refractivity contribution in [1.82, 2.24) is 4.90 Å². The van der Waals surface area contributed by atoms with Crippen LogP contribution in [0.5, 0.6) is 0 Å². The molecule has 1 heterocycles. The van der Waals surface area contributed by atoms with Gasteiger partial charge in [-0.15, -0.1) is 0 Å². The third-order valence-corrected chi connectivity index (χ3v) is 14.4. The van der Waals surface area contributed by atoms with Gasteiger partial charge < -0.3 is 0 Å². The zero-order chi connectivity index (χ0) is 22.6. The first-order valence-corrected chi connectivity index (χ1v) is 16.8. The van der Waals surface area contributed by atoms with Gasteiger partial charge in [0.1, 0.15) is 0 Å². The van der Waals surface area contributed by atoms with E-state index in [1.807, 2.05) is 0 Å². The molecule has 4 heteroatoms. The summed E-state index contributed by atoms with van der Waals surface area (Å²) in [6, 6.07) is 27.2. The molecule has 0 N–H and O–H groups in total. The summed E-state index contributed by atoms with van der Waals surface area (Å²) in [5.74, 6) is 0. The molecule has 33 heavy (non-hydrogen) atoms. The molecule has 0 bridgehead atoms. The van der Waals surface area contributed by atoms with Gasteiger partial charge in [-0.25, -0.2) is 0 Å². The number of hydrogen-bond acceptors (Lipinski definition) is 2. The Labute approximate surface area is 212 Å². The van der Waals surface area contributed by atoms with Crippen LogP contribution in [0.1, 0.15) is 28.7 Å². The molecule has 5 rings (SSSR count). The zero-order valence-corrected chi connectivity index (χ0v) is 23.1. The summed E-state index contributed by atoms with van der Waals surface area (Å²) < 4.78 is 2.17. The molecule has 0 saturated carbocycles. The van der Waals surface area contributed by atoms with Gasteiger partial charge in [0, 0.05) is 0 Å². The molecule has 1 aliphatic heterocycles. The van der Waals surface area contributed by atoms with Crippen molar-refractivity contribution in [3.05, 3.63) is 99.5 Å². The molecule has 0 unspecified atom stereocenters. The van der Waals surface area contributed by atoms with Gasteiger partial charge in [0.15, 0.2) is 0 Å². The van der Waals surface area contributed by atoms with E-state index >= 15 is 0 Å². The number of nitrogens with zero attached hydrogens (tertiary/aromatic N) is 2. The predicted octanol–water partition coefficient (Wildman–Crippen LogP) is 6.12. The standard InChI is InChI=1S/C29H34AsBrN2/c1-32-16-18-33(19-17-32)29-15-14-28(31)26-13-12-25(20-27(26)29)30(21-23-8-4-2-5-9-23)22-24-10-6-3-7-11-24/h2-11,14-15,25H,12-13,16-22H2,1H3/t25-/m1/s1. The molecular formula is C29H34AsBrN2. The summed E-state index contributed by atoms with van der Waals surface area (Å²) in [6.07, 6.45) is 3.82. The van der Waals surface area contributed by atoms with E-state index in [1.54, 1.807) is 11.1 Å². The molecule has 172 valence electrons. The second-order valence-corrected chi connectivity index (χ2v) is 15.8. The molecule has 3 aromatic rings. The Kier molecular flexibility index (Phi) is 7.60. The first-order valence-electron chi connectivity index (χ1n) is 12.2. The first-order chi connectivity index (χ1) is 16.2. The van der Waals surface area contributed by atoms with Crippen molar-refractivity contribution >= 4 is 36.3 Å². The molecule has 0 aromatic heterocycles. The van der Waals surface area contributed by atoms with E-state index in [4.69, 9.17) is 0 Å². The fraction of sp³-hybridized carbons (Fsp3) is 0.379. The third kappa shape index (κ3) is 5.59. The van der Waals surface area contributed by atoms with Crippen LogP contribution in [0.4, 0.5) is 5.69 Å². The Morgan fingerprint density at radius 1 is 0.788 bits per heavy atom. The number of benzene rings is 3. The van der Waals surface area contributed by atoms with Gasteiger partial charge in [0.25, 0.3) is 0 Å². The van der Waals surface area contributed by atoms with E-state index in [2.05, 4.69) is 106 Å². The molecule has 0 spiro atoms. The van der Waals surface area contributed by atoms with Gasteiger partial charge in [-0.1, -0.05) is 0 Å². The molecule has 1 saturated heterocycles. The van der Waals surface area contributed by atoms with Gasteiger partial charge in [-0.3, -0.25) is 0 Å². The van der Waals surface area contributed by atoms with Crippen LogP contribution in [0.3, 0.4) is 0 Å². The number of hydrogen-bond donors (Lipinski definition) is 0. The van der Waals surface area contributed by atoms with Crippen molar-refractivity contribution in [1.29, 1.82) is 0 Å². The second kappa shape index (κ2) is 10.8. The monoisotopic (exact) mass is 564 g/mol. The Hall–Kier alpha value is -1.54.